The Bertz CT molecular complexity index is 803. The van der Waals surface area contributed by atoms with Crippen LogP contribution in [-0.4, -0.2) is 26.4 Å². The Labute approximate surface area is 236 Å². The third-order valence-electron chi connectivity index (χ3n) is 4.93. The van der Waals surface area contributed by atoms with Crippen molar-refractivity contribution in [3.05, 3.63) is 144 Å². The molecule has 0 fully saturated rings. The third-order valence-corrected chi connectivity index (χ3v) is 4.93. The summed E-state index contributed by atoms with van der Waals surface area (Å²) in [6, 6.07) is 39.2. The molecule has 0 atom stereocenters. The topological polar surface area (TPSA) is 92.2 Å². The van der Waals surface area contributed by atoms with E-state index in [4.69, 9.17) is 0 Å². The molecule has 4 aromatic carbocycles. The molecule has 0 saturated heterocycles. The van der Waals surface area contributed by atoms with E-state index >= 15 is 0 Å². The van der Waals surface area contributed by atoms with Crippen molar-refractivity contribution in [3.63, 3.8) is 0 Å². The van der Waals surface area contributed by atoms with Gasteiger partial charge in [-0.3, -0.25) is 0 Å². The molecule has 0 spiro atoms. The monoisotopic (exact) mass is 582 g/mol. The Hall–Kier alpha value is -2.59. The summed E-state index contributed by atoms with van der Waals surface area (Å²) in [6.07, 6.45) is 2.61. The molecule has 0 aromatic heterocycles. The van der Waals surface area contributed by atoms with Crippen molar-refractivity contribution in [2.24, 2.45) is 0 Å². The summed E-state index contributed by atoms with van der Waals surface area (Å²) < 4.78 is 0. The molecule has 4 nitrogen and oxygen atoms in total. The maximum atomic E-state index is 10.1. The smallest absolute Gasteiger partial charge is 0.854 e. The molecular weight excluding hydrogens is 544 g/mol. The SMILES string of the molecule is [Mo+4].[O-]CCc1ccccc1.[O-]CCc1ccccc1.[O-]CCc1ccccc1.[O-]CCc1ccccc1. The fourth-order valence-corrected chi connectivity index (χ4v) is 3.05. The zero-order valence-electron chi connectivity index (χ0n) is 21.2. The van der Waals surface area contributed by atoms with Crippen molar-refractivity contribution in [1.29, 1.82) is 0 Å². The fourth-order valence-electron chi connectivity index (χ4n) is 3.05. The molecule has 0 saturated carbocycles. The van der Waals surface area contributed by atoms with Crippen LogP contribution in [0.1, 0.15) is 22.3 Å². The Morgan fingerprint density at radius 1 is 0.297 bits per heavy atom. The van der Waals surface area contributed by atoms with Crippen LogP contribution in [0.4, 0.5) is 0 Å². The second-order valence-electron chi connectivity index (χ2n) is 7.76. The molecular formula is C32H36MoO4. The van der Waals surface area contributed by atoms with E-state index in [9.17, 15) is 20.4 Å². The summed E-state index contributed by atoms with van der Waals surface area (Å²) in [5.41, 5.74) is 4.53. The molecule has 194 valence electrons. The minimum absolute atomic E-state index is 0. The van der Waals surface area contributed by atoms with Crippen LogP contribution in [0.15, 0.2) is 121 Å². The van der Waals surface area contributed by atoms with Crippen molar-refractivity contribution < 1.29 is 41.5 Å². The first-order valence-electron chi connectivity index (χ1n) is 12.2. The molecule has 4 aromatic rings. The molecule has 0 aliphatic heterocycles. The second-order valence-corrected chi connectivity index (χ2v) is 7.76. The van der Waals surface area contributed by atoms with Gasteiger partial charge in [0.1, 0.15) is 0 Å². The van der Waals surface area contributed by atoms with Gasteiger partial charge in [-0.15, -0.1) is 26.4 Å². The van der Waals surface area contributed by atoms with Crippen LogP contribution in [0.2, 0.25) is 0 Å². The standard InChI is InChI=1S/4C8H9O.Mo/c4*9-7-6-8-4-2-1-3-5-8;/h4*1-5H,6-7H2;/q4*-1;+4. The molecule has 0 heterocycles. The molecule has 0 unspecified atom stereocenters. The number of rotatable bonds is 8. The molecule has 0 amide bonds. The van der Waals surface area contributed by atoms with E-state index in [0.717, 1.165) is 22.3 Å². The Kier molecular flexibility index (Phi) is 23.3. The average molecular weight is 581 g/mol. The van der Waals surface area contributed by atoms with Crippen LogP contribution in [-0.2, 0) is 46.7 Å². The number of hydrogen-bond acceptors (Lipinski definition) is 4. The summed E-state index contributed by atoms with van der Waals surface area (Å²) in [6.45, 7) is -0.0396. The van der Waals surface area contributed by atoms with E-state index in [1.807, 2.05) is 121 Å². The normalized spacial score (nSPS) is 9.19. The van der Waals surface area contributed by atoms with Crippen molar-refractivity contribution in [2.75, 3.05) is 26.4 Å². The molecule has 4 rings (SSSR count). The van der Waals surface area contributed by atoms with E-state index in [0.29, 0.717) is 25.7 Å². The fraction of sp³-hybridized carbons (Fsp3) is 0.250. The largest absolute Gasteiger partial charge is 4.00 e. The van der Waals surface area contributed by atoms with Gasteiger partial charge in [0.05, 0.1) is 0 Å². The van der Waals surface area contributed by atoms with Gasteiger partial charge in [-0.25, -0.2) is 0 Å². The minimum Gasteiger partial charge on any atom is -0.854 e. The van der Waals surface area contributed by atoms with Crippen molar-refractivity contribution in [1.82, 2.24) is 0 Å². The number of hydrogen-bond donors (Lipinski definition) is 0. The summed E-state index contributed by atoms with van der Waals surface area (Å²) in [4.78, 5) is 0. The van der Waals surface area contributed by atoms with Crippen molar-refractivity contribution in [2.45, 2.75) is 25.7 Å². The third kappa shape index (κ3) is 19.2. The molecule has 0 bridgehead atoms. The Balaban J connectivity index is 0.000000463. The van der Waals surface area contributed by atoms with E-state index in [2.05, 4.69) is 0 Å². The van der Waals surface area contributed by atoms with Crippen LogP contribution >= 0.6 is 0 Å². The Morgan fingerprint density at radius 2 is 0.459 bits per heavy atom. The van der Waals surface area contributed by atoms with Gasteiger partial charge < -0.3 is 20.4 Å². The van der Waals surface area contributed by atoms with Crippen molar-refractivity contribution >= 4 is 0 Å². The summed E-state index contributed by atoms with van der Waals surface area (Å²) in [7, 11) is 0. The van der Waals surface area contributed by atoms with Crippen molar-refractivity contribution in [3.8, 4) is 0 Å². The summed E-state index contributed by atoms with van der Waals surface area (Å²) >= 11 is 0. The van der Waals surface area contributed by atoms with Gasteiger partial charge in [0.25, 0.3) is 0 Å². The second kappa shape index (κ2) is 25.1. The van der Waals surface area contributed by atoms with E-state index < -0.39 is 0 Å². The number of benzene rings is 4. The van der Waals surface area contributed by atoms with Crippen LogP contribution in [0.5, 0.6) is 0 Å². The summed E-state index contributed by atoms with van der Waals surface area (Å²) in [5.74, 6) is 0. The first-order valence-corrected chi connectivity index (χ1v) is 12.2. The van der Waals surface area contributed by atoms with Gasteiger partial charge in [0.2, 0.25) is 0 Å². The molecule has 0 aliphatic rings. The minimum atomic E-state index is -0.00991. The molecule has 5 heteroatoms. The van der Waals surface area contributed by atoms with Gasteiger partial charge >= 0.3 is 21.1 Å². The zero-order chi connectivity index (χ0) is 26.1. The van der Waals surface area contributed by atoms with Gasteiger partial charge in [-0.2, -0.15) is 0 Å². The molecule has 0 radical (unpaired) electrons. The summed E-state index contributed by atoms with van der Waals surface area (Å²) in [5, 5.41) is 40.4. The van der Waals surface area contributed by atoms with E-state index in [1.54, 1.807) is 0 Å². The molecule has 0 aliphatic carbocycles. The van der Waals surface area contributed by atoms with E-state index in [-0.39, 0.29) is 47.5 Å². The maximum Gasteiger partial charge on any atom is 4.00 e. The van der Waals surface area contributed by atoms with Crippen LogP contribution in [0.25, 0.3) is 0 Å². The maximum absolute atomic E-state index is 10.1. The van der Waals surface area contributed by atoms with Crippen LogP contribution < -0.4 is 20.4 Å². The van der Waals surface area contributed by atoms with Gasteiger partial charge in [-0.05, 0) is 47.9 Å². The average Bonchev–Trinajstić information content (AvgIpc) is 2.93. The van der Waals surface area contributed by atoms with Crippen LogP contribution in [0.3, 0.4) is 0 Å². The Morgan fingerprint density at radius 3 is 0.595 bits per heavy atom. The zero-order valence-corrected chi connectivity index (χ0v) is 23.3. The van der Waals surface area contributed by atoms with Crippen LogP contribution in [0, 0.1) is 0 Å². The first kappa shape index (κ1) is 34.4. The molecule has 0 N–H and O–H groups in total. The first-order chi connectivity index (χ1) is 17.7. The predicted molar refractivity (Wildman–Crippen MR) is 140 cm³/mol. The van der Waals surface area contributed by atoms with Gasteiger partial charge in [0, 0.05) is 0 Å². The van der Waals surface area contributed by atoms with Gasteiger partial charge in [-0.1, -0.05) is 121 Å². The van der Waals surface area contributed by atoms with Gasteiger partial charge in [0.15, 0.2) is 0 Å². The quantitative estimate of drug-likeness (QED) is 0.299. The predicted octanol–water partition coefficient (Wildman–Crippen LogP) is 2.36. The molecule has 37 heavy (non-hydrogen) atoms. The van der Waals surface area contributed by atoms with E-state index in [1.165, 1.54) is 0 Å².